The van der Waals surface area contributed by atoms with E-state index in [1.165, 1.54) is 12.1 Å². The van der Waals surface area contributed by atoms with Gasteiger partial charge in [-0.1, -0.05) is 30.3 Å². The molecule has 0 bridgehead atoms. The second-order valence-electron chi connectivity index (χ2n) is 5.90. The van der Waals surface area contributed by atoms with E-state index in [4.69, 9.17) is 0 Å². The lowest BCUT2D eigenvalue weighted by Crippen LogP contribution is -2.36. The normalized spacial score (nSPS) is 11.1. The van der Waals surface area contributed by atoms with Crippen LogP contribution in [0.5, 0.6) is 0 Å². The van der Waals surface area contributed by atoms with Gasteiger partial charge in [0.05, 0.1) is 5.56 Å². The lowest BCUT2D eigenvalue weighted by Gasteiger charge is -2.26. The van der Waals surface area contributed by atoms with E-state index in [9.17, 15) is 9.18 Å². The summed E-state index contributed by atoms with van der Waals surface area (Å²) in [6, 6.07) is 14.4. The van der Waals surface area contributed by atoms with E-state index in [2.05, 4.69) is 4.98 Å². The Bertz CT molecular complexity index is 824. The Hall–Kier alpha value is -2.62. The van der Waals surface area contributed by atoms with Crippen LogP contribution in [-0.2, 0) is 6.54 Å². The summed E-state index contributed by atoms with van der Waals surface area (Å²) < 4.78 is 13.3. The second kappa shape index (κ2) is 6.24. The van der Waals surface area contributed by atoms with Crippen LogP contribution < -0.4 is 0 Å². The first-order valence-electron chi connectivity index (χ1n) is 7.68. The van der Waals surface area contributed by atoms with E-state index >= 15 is 0 Å². The first-order valence-corrected chi connectivity index (χ1v) is 7.68. The molecule has 0 aliphatic carbocycles. The average molecular weight is 310 g/mol. The number of nitrogens with zero attached hydrogens (tertiary/aromatic N) is 1. The first kappa shape index (κ1) is 15.3. The number of rotatable bonds is 4. The number of nitrogens with one attached hydrogen (secondary N) is 1. The highest BCUT2D eigenvalue weighted by molar-refractivity contribution is 6.06. The minimum Gasteiger partial charge on any atom is -0.360 e. The molecular formula is C19H19FN2O. The topological polar surface area (TPSA) is 36.1 Å². The summed E-state index contributed by atoms with van der Waals surface area (Å²) in [7, 11) is 0. The van der Waals surface area contributed by atoms with E-state index in [1.54, 1.807) is 12.3 Å². The van der Waals surface area contributed by atoms with Crippen LogP contribution in [0.3, 0.4) is 0 Å². The Morgan fingerprint density at radius 1 is 1.17 bits per heavy atom. The van der Waals surface area contributed by atoms with Gasteiger partial charge >= 0.3 is 0 Å². The Labute approximate surface area is 134 Å². The number of halogens is 1. The Balaban J connectivity index is 1.94. The fourth-order valence-corrected chi connectivity index (χ4v) is 2.70. The number of H-pyrrole nitrogens is 1. The highest BCUT2D eigenvalue weighted by Crippen LogP contribution is 2.22. The molecule has 1 amide bonds. The zero-order valence-corrected chi connectivity index (χ0v) is 13.2. The molecule has 1 N–H and O–H groups in total. The third-order valence-electron chi connectivity index (χ3n) is 3.95. The highest BCUT2D eigenvalue weighted by Gasteiger charge is 2.22. The maximum Gasteiger partial charge on any atom is 0.256 e. The molecule has 3 aromatic rings. The molecule has 0 unspecified atom stereocenters. The van der Waals surface area contributed by atoms with Crippen LogP contribution in [0.1, 0.15) is 29.8 Å². The number of amides is 1. The first-order chi connectivity index (χ1) is 11.1. The molecule has 0 radical (unpaired) electrons. The lowest BCUT2D eigenvalue weighted by molar-refractivity contribution is 0.0692. The smallest absolute Gasteiger partial charge is 0.256 e. The van der Waals surface area contributed by atoms with Crippen LogP contribution in [0.2, 0.25) is 0 Å². The summed E-state index contributed by atoms with van der Waals surface area (Å²) >= 11 is 0. The molecule has 0 saturated heterocycles. The molecule has 3 nitrogen and oxygen atoms in total. The van der Waals surface area contributed by atoms with Crippen molar-refractivity contribution >= 4 is 16.8 Å². The SMILES string of the molecule is CC(C)N(Cc1ccccc1)C(=O)c1c[nH]c2cc(F)ccc12. The summed E-state index contributed by atoms with van der Waals surface area (Å²) in [5.41, 5.74) is 2.29. The van der Waals surface area contributed by atoms with Crippen molar-refractivity contribution in [2.24, 2.45) is 0 Å². The molecule has 1 heterocycles. The van der Waals surface area contributed by atoms with Gasteiger partial charge in [-0.25, -0.2) is 4.39 Å². The van der Waals surface area contributed by atoms with Crippen molar-refractivity contribution in [1.82, 2.24) is 9.88 Å². The van der Waals surface area contributed by atoms with Crippen molar-refractivity contribution in [2.75, 3.05) is 0 Å². The molecule has 0 atom stereocenters. The average Bonchev–Trinajstić information content (AvgIpc) is 2.95. The van der Waals surface area contributed by atoms with Crippen LogP contribution in [-0.4, -0.2) is 21.8 Å². The van der Waals surface area contributed by atoms with Crippen molar-refractivity contribution in [3.8, 4) is 0 Å². The van der Waals surface area contributed by atoms with Crippen molar-refractivity contribution in [2.45, 2.75) is 26.4 Å². The maximum atomic E-state index is 13.3. The number of benzene rings is 2. The summed E-state index contributed by atoms with van der Waals surface area (Å²) in [6.45, 7) is 4.54. The molecule has 0 aliphatic rings. The fraction of sp³-hybridized carbons (Fsp3) is 0.211. The summed E-state index contributed by atoms with van der Waals surface area (Å²) in [4.78, 5) is 17.8. The monoisotopic (exact) mass is 310 g/mol. The van der Waals surface area contributed by atoms with Crippen LogP contribution >= 0.6 is 0 Å². The van der Waals surface area contributed by atoms with Crippen molar-refractivity contribution < 1.29 is 9.18 Å². The molecule has 2 aromatic carbocycles. The van der Waals surface area contributed by atoms with E-state index in [0.717, 1.165) is 10.9 Å². The van der Waals surface area contributed by atoms with E-state index in [0.29, 0.717) is 17.6 Å². The van der Waals surface area contributed by atoms with Gasteiger partial charge in [-0.3, -0.25) is 4.79 Å². The second-order valence-corrected chi connectivity index (χ2v) is 5.90. The number of aromatic nitrogens is 1. The van der Waals surface area contributed by atoms with E-state index in [-0.39, 0.29) is 17.8 Å². The molecule has 0 aliphatic heterocycles. The van der Waals surface area contributed by atoms with Gasteiger partial charge in [0.1, 0.15) is 5.82 Å². The predicted molar refractivity (Wildman–Crippen MR) is 89.7 cm³/mol. The Morgan fingerprint density at radius 2 is 1.91 bits per heavy atom. The van der Waals surface area contributed by atoms with Gasteiger partial charge in [0.15, 0.2) is 0 Å². The summed E-state index contributed by atoms with van der Waals surface area (Å²) in [5.74, 6) is -0.370. The van der Waals surface area contributed by atoms with Gasteiger partial charge in [0, 0.05) is 29.7 Å². The standard InChI is InChI=1S/C19H19FN2O/c1-13(2)22(12-14-6-4-3-5-7-14)19(23)17-11-21-18-10-15(20)8-9-16(17)18/h3-11,13,21H,12H2,1-2H3. The minimum absolute atomic E-state index is 0.0540. The highest BCUT2D eigenvalue weighted by atomic mass is 19.1. The number of hydrogen-bond acceptors (Lipinski definition) is 1. The zero-order valence-electron chi connectivity index (χ0n) is 13.2. The molecule has 0 spiro atoms. The van der Waals surface area contributed by atoms with Crippen LogP contribution in [0, 0.1) is 5.82 Å². The van der Waals surface area contributed by atoms with Crippen molar-refractivity contribution in [3.05, 3.63) is 71.7 Å². The quantitative estimate of drug-likeness (QED) is 0.763. The zero-order chi connectivity index (χ0) is 16.4. The van der Waals surface area contributed by atoms with Gasteiger partial charge in [0.25, 0.3) is 5.91 Å². The van der Waals surface area contributed by atoms with E-state index in [1.807, 2.05) is 49.1 Å². The summed E-state index contributed by atoms with van der Waals surface area (Å²) in [6.07, 6.45) is 1.66. The van der Waals surface area contributed by atoms with Crippen LogP contribution in [0.25, 0.3) is 10.9 Å². The Morgan fingerprint density at radius 3 is 2.61 bits per heavy atom. The number of fused-ring (bicyclic) bond motifs is 1. The lowest BCUT2D eigenvalue weighted by atomic mass is 10.1. The fourth-order valence-electron chi connectivity index (χ4n) is 2.70. The van der Waals surface area contributed by atoms with Gasteiger partial charge in [-0.05, 0) is 37.6 Å². The maximum absolute atomic E-state index is 13.3. The van der Waals surface area contributed by atoms with Gasteiger partial charge in [0.2, 0.25) is 0 Å². The van der Waals surface area contributed by atoms with Gasteiger partial charge < -0.3 is 9.88 Å². The molecule has 23 heavy (non-hydrogen) atoms. The predicted octanol–water partition coefficient (Wildman–Crippen LogP) is 4.36. The molecule has 1 aromatic heterocycles. The number of hydrogen-bond donors (Lipinski definition) is 1. The molecular weight excluding hydrogens is 291 g/mol. The number of carbonyl (C=O) groups is 1. The van der Waals surface area contributed by atoms with Crippen LogP contribution in [0.4, 0.5) is 4.39 Å². The van der Waals surface area contributed by atoms with Crippen molar-refractivity contribution in [1.29, 1.82) is 0 Å². The third-order valence-corrected chi connectivity index (χ3v) is 3.95. The molecule has 0 fully saturated rings. The van der Waals surface area contributed by atoms with Gasteiger partial charge in [-0.2, -0.15) is 0 Å². The number of aromatic amines is 1. The van der Waals surface area contributed by atoms with E-state index < -0.39 is 0 Å². The number of carbonyl (C=O) groups excluding carboxylic acids is 1. The third kappa shape index (κ3) is 3.11. The molecule has 118 valence electrons. The van der Waals surface area contributed by atoms with Gasteiger partial charge in [-0.15, -0.1) is 0 Å². The molecule has 3 rings (SSSR count). The van der Waals surface area contributed by atoms with Crippen LogP contribution in [0.15, 0.2) is 54.7 Å². The molecule has 4 heteroatoms. The Kier molecular flexibility index (Phi) is 4.15. The van der Waals surface area contributed by atoms with Crippen molar-refractivity contribution in [3.63, 3.8) is 0 Å². The molecule has 0 saturated carbocycles. The largest absolute Gasteiger partial charge is 0.360 e. The minimum atomic E-state index is -0.316. The summed E-state index contributed by atoms with van der Waals surface area (Å²) in [5, 5.41) is 0.745.